The number of aliphatic hydroxyl groups is 1. The zero-order valence-electron chi connectivity index (χ0n) is 10.7. The molecule has 1 rings (SSSR count). The lowest BCUT2D eigenvalue weighted by Gasteiger charge is -2.19. The van der Waals surface area contributed by atoms with Gasteiger partial charge in [-0.25, -0.2) is 0 Å². The molecule has 0 aromatic heterocycles. The predicted octanol–water partition coefficient (Wildman–Crippen LogP) is 1.44. The molecule has 0 aromatic rings. The second kappa shape index (κ2) is 9.27. The summed E-state index contributed by atoms with van der Waals surface area (Å²) in [7, 11) is 0. The lowest BCUT2D eigenvalue weighted by atomic mass is 10.1. The largest absolute Gasteiger partial charge is 0.387 e. The van der Waals surface area contributed by atoms with Gasteiger partial charge in [0.25, 0.3) is 0 Å². The van der Waals surface area contributed by atoms with Crippen LogP contribution in [0.5, 0.6) is 0 Å². The Labute approximate surface area is 125 Å². The molecule has 1 unspecified atom stereocenters. The summed E-state index contributed by atoms with van der Waals surface area (Å²) in [6.45, 7) is 6.43. The fraction of sp³-hybridized carbons (Fsp3) is 0.909. The Bertz CT molecular complexity index is 233. The van der Waals surface area contributed by atoms with Crippen LogP contribution in [0.1, 0.15) is 26.7 Å². The number of guanidine groups is 1. The van der Waals surface area contributed by atoms with Gasteiger partial charge in [-0.2, -0.15) is 11.8 Å². The minimum Gasteiger partial charge on any atom is -0.387 e. The third-order valence-corrected chi connectivity index (χ3v) is 3.73. The number of thioether (sulfide) groups is 1. The highest BCUT2D eigenvalue weighted by atomic mass is 127. The van der Waals surface area contributed by atoms with E-state index in [4.69, 9.17) is 0 Å². The molecule has 0 bridgehead atoms. The van der Waals surface area contributed by atoms with Crippen molar-refractivity contribution in [3.63, 3.8) is 0 Å². The molecular formula is C11H24IN3OS. The topological polar surface area (TPSA) is 56.7 Å². The van der Waals surface area contributed by atoms with Crippen LogP contribution < -0.4 is 10.6 Å². The molecule has 3 N–H and O–H groups in total. The molecule has 4 nitrogen and oxygen atoms in total. The maximum atomic E-state index is 10.2. The van der Waals surface area contributed by atoms with Crippen molar-refractivity contribution in [2.45, 2.75) is 32.3 Å². The fourth-order valence-corrected chi connectivity index (χ4v) is 2.82. The van der Waals surface area contributed by atoms with Crippen molar-refractivity contribution < 1.29 is 5.11 Å². The molecule has 1 aliphatic rings. The molecule has 0 spiro atoms. The first-order valence-corrected chi connectivity index (χ1v) is 7.18. The van der Waals surface area contributed by atoms with E-state index in [0.29, 0.717) is 6.54 Å². The monoisotopic (exact) mass is 373 g/mol. The fourth-order valence-electron chi connectivity index (χ4n) is 1.53. The number of aliphatic imine (C=N–C) groups is 1. The number of hydrogen-bond donors (Lipinski definition) is 3. The van der Waals surface area contributed by atoms with Gasteiger partial charge in [-0.3, -0.25) is 4.99 Å². The van der Waals surface area contributed by atoms with Gasteiger partial charge in [-0.1, -0.05) is 6.92 Å². The Morgan fingerprint density at radius 1 is 1.41 bits per heavy atom. The van der Waals surface area contributed by atoms with Crippen molar-refractivity contribution in [1.82, 2.24) is 10.6 Å². The van der Waals surface area contributed by atoms with Crippen LogP contribution >= 0.6 is 35.7 Å². The summed E-state index contributed by atoms with van der Waals surface area (Å²) in [6, 6.07) is 0. The second-order valence-corrected chi connectivity index (χ2v) is 5.25. The highest BCUT2D eigenvalue weighted by Crippen LogP contribution is 2.27. The van der Waals surface area contributed by atoms with Crippen LogP contribution in [0.25, 0.3) is 0 Å². The lowest BCUT2D eigenvalue weighted by Crippen LogP contribution is -2.40. The Balaban J connectivity index is 0.00000256. The molecule has 1 atom stereocenters. The van der Waals surface area contributed by atoms with E-state index in [1.54, 1.807) is 11.8 Å². The van der Waals surface area contributed by atoms with Gasteiger partial charge in [0.15, 0.2) is 5.96 Å². The van der Waals surface area contributed by atoms with Crippen LogP contribution in [0.4, 0.5) is 0 Å². The van der Waals surface area contributed by atoms with E-state index in [1.165, 1.54) is 0 Å². The Hall–Kier alpha value is 0.310. The summed E-state index contributed by atoms with van der Waals surface area (Å²) in [6.07, 6.45) is 1.93. The maximum absolute atomic E-state index is 10.2. The van der Waals surface area contributed by atoms with Crippen molar-refractivity contribution in [3.05, 3.63) is 0 Å². The zero-order valence-corrected chi connectivity index (χ0v) is 13.8. The highest BCUT2D eigenvalue weighted by molar-refractivity contribution is 14.0. The predicted molar refractivity (Wildman–Crippen MR) is 86.6 cm³/mol. The van der Waals surface area contributed by atoms with Crippen LogP contribution in [0.15, 0.2) is 4.99 Å². The standard InChI is InChI=1S/C11H23N3OS.HI/c1-3-6-13-10(12-4-2)14-8-11(15)5-7-16-9-11;/h15H,3-9H2,1-2H3,(H2,12,13,14);1H. The average molecular weight is 373 g/mol. The van der Waals surface area contributed by atoms with E-state index in [2.05, 4.69) is 22.5 Å². The molecule has 6 heteroatoms. The van der Waals surface area contributed by atoms with Gasteiger partial charge in [0.05, 0.1) is 12.1 Å². The van der Waals surface area contributed by atoms with Gasteiger partial charge in [0.2, 0.25) is 0 Å². The lowest BCUT2D eigenvalue weighted by molar-refractivity contribution is 0.0778. The molecule has 1 aliphatic heterocycles. The van der Waals surface area contributed by atoms with E-state index in [-0.39, 0.29) is 24.0 Å². The number of nitrogens with zero attached hydrogens (tertiary/aromatic N) is 1. The molecule has 0 amide bonds. The number of nitrogens with one attached hydrogen (secondary N) is 2. The smallest absolute Gasteiger partial charge is 0.191 e. The zero-order chi connectivity index (χ0) is 11.9. The summed E-state index contributed by atoms with van der Waals surface area (Å²) < 4.78 is 0. The summed E-state index contributed by atoms with van der Waals surface area (Å²) in [5, 5.41) is 16.6. The third-order valence-electron chi connectivity index (χ3n) is 2.50. The van der Waals surface area contributed by atoms with Gasteiger partial charge in [0.1, 0.15) is 0 Å². The molecule has 1 saturated heterocycles. The van der Waals surface area contributed by atoms with Crippen LogP contribution in [0.3, 0.4) is 0 Å². The van der Waals surface area contributed by atoms with Crippen molar-refractivity contribution in [1.29, 1.82) is 0 Å². The molecular weight excluding hydrogens is 349 g/mol. The summed E-state index contributed by atoms with van der Waals surface area (Å²) in [5.74, 6) is 2.67. The highest BCUT2D eigenvalue weighted by Gasteiger charge is 2.31. The first-order valence-electron chi connectivity index (χ1n) is 6.02. The molecule has 0 saturated carbocycles. The molecule has 102 valence electrons. The van der Waals surface area contributed by atoms with E-state index in [0.717, 1.165) is 43.4 Å². The summed E-state index contributed by atoms with van der Waals surface area (Å²) >= 11 is 1.80. The van der Waals surface area contributed by atoms with E-state index in [1.807, 2.05) is 6.92 Å². The van der Waals surface area contributed by atoms with E-state index >= 15 is 0 Å². The minimum absolute atomic E-state index is 0. The molecule has 17 heavy (non-hydrogen) atoms. The van der Waals surface area contributed by atoms with Crippen molar-refractivity contribution in [2.24, 2.45) is 4.99 Å². The molecule has 1 heterocycles. The number of halogens is 1. The van der Waals surface area contributed by atoms with Gasteiger partial charge in [-0.05, 0) is 25.5 Å². The first kappa shape index (κ1) is 17.3. The third kappa shape index (κ3) is 6.71. The summed E-state index contributed by atoms with van der Waals surface area (Å²) in [4.78, 5) is 4.44. The van der Waals surface area contributed by atoms with Gasteiger partial charge in [-0.15, -0.1) is 24.0 Å². The second-order valence-electron chi connectivity index (χ2n) is 4.15. The van der Waals surface area contributed by atoms with Crippen molar-refractivity contribution in [2.75, 3.05) is 31.1 Å². The minimum atomic E-state index is -0.584. The number of rotatable bonds is 5. The molecule has 0 radical (unpaired) electrons. The Morgan fingerprint density at radius 2 is 2.18 bits per heavy atom. The quantitative estimate of drug-likeness (QED) is 0.388. The SMILES string of the molecule is CCCNC(=NCC1(O)CCSC1)NCC.I. The maximum Gasteiger partial charge on any atom is 0.191 e. The molecule has 1 fully saturated rings. The average Bonchev–Trinajstić information content (AvgIpc) is 2.70. The van der Waals surface area contributed by atoms with Crippen molar-refractivity contribution in [3.8, 4) is 0 Å². The molecule has 0 aliphatic carbocycles. The normalized spacial score (nSPS) is 24.3. The van der Waals surface area contributed by atoms with Crippen LogP contribution in [-0.4, -0.2) is 47.8 Å². The van der Waals surface area contributed by atoms with Crippen LogP contribution in [-0.2, 0) is 0 Å². The summed E-state index contributed by atoms with van der Waals surface area (Å²) in [5.41, 5.74) is -0.584. The van der Waals surface area contributed by atoms with Crippen LogP contribution in [0.2, 0.25) is 0 Å². The van der Waals surface area contributed by atoms with Crippen LogP contribution in [0, 0.1) is 0 Å². The van der Waals surface area contributed by atoms with Gasteiger partial charge >= 0.3 is 0 Å². The Morgan fingerprint density at radius 3 is 2.71 bits per heavy atom. The Kier molecular flexibility index (Phi) is 9.44. The van der Waals surface area contributed by atoms with Gasteiger partial charge in [0, 0.05) is 18.8 Å². The van der Waals surface area contributed by atoms with Crippen molar-refractivity contribution >= 4 is 41.7 Å². The van der Waals surface area contributed by atoms with Gasteiger partial charge < -0.3 is 15.7 Å². The van der Waals surface area contributed by atoms with E-state index in [9.17, 15) is 5.11 Å². The van der Waals surface area contributed by atoms with E-state index < -0.39 is 5.60 Å². The first-order chi connectivity index (χ1) is 7.70. The number of hydrogen-bond acceptors (Lipinski definition) is 3. The molecule has 0 aromatic carbocycles.